The van der Waals surface area contributed by atoms with Gasteiger partial charge in [0.05, 0.1) is 5.70 Å². The van der Waals surface area contributed by atoms with E-state index in [0.717, 1.165) is 13.1 Å². The van der Waals surface area contributed by atoms with Crippen LogP contribution in [0.25, 0.3) is 0 Å². The number of rotatable bonds is 2. The van der Waals surface area contributed by atoms with Crippen LogP contribution in [0, 0.1) is 0 Å². The van der Waals surface area contributed by atoms with Gasteiger partial charge in [0.1, 0.15) is 11.4 Å². The highest BCUT2D eigenvalue weighted by atomic mass is 16.5. The molecule has 1 aromatic heterocycles. The summed E-state index contributed by atoms with van der Waals surface area (Å²) < 4.78 is 6.91. The number of aromatic nitrogens is 2. The minimum atomic E-state index is -0.474. The molecule has 0 bridgehead atoms. The summed E-state index contributed by atoms with van der Waals surface area (Å²) in [7, 11) is 0. The molecule has 0 radical (unpaired) electrons. The Morgan fingerprint density at radius 3 is 2.76 bits per heavy atom. The van der Waals surface area contributed by atoms with Crippen LogP contribution in [0.2, 0.25) is 0 Å². The fourth-order valence-corrected chi connectivity index (χ4v) is 2.94. The normalized spacial score (nSPS) is 22.8. The van der Waals surface area contributed by atoms with E-state index < -0.39 is 12.1 Å². The van der Waals surface area contributed by atoms with Gasteiger partial charge in [-0.3, -0.25) is 14.4 Å². The third kappa shape index (κ3) is 1.73. The zero-order chi connectivity index (χ0) is 14.7. The molecule has 0 amide bonds. The zero-order valence-electron chi connectivity index (χ0n) is 11.5. The van der Waals surface area contributed by atoms with Gasteiger partial charge >= 0.3 is 5.97 Å². The number of carbonyl (C=O) groups is 3. The summed E-state index contributed by atoms with van der Waals surface area (Å²) in [6.07, 6.45) is 1.50. The van der Waals surface area contributed by atoms with E-state index in [1.165, 1.54) is 13.0 Å². The van der Waals surface area contributed by atoms with Crippen molar-refractivity contribution >= 4 is 17.5 Å². The molecular formula is C14H13N3O4. The first-order chi connectivity index (χ1) is 10.1. The van der Waals surface area contributed by atoms with Crippen LogP contribution >= 0.6 is 0 Å². The highest BCUT2D eigenvalue weighted by Crippen LogP contribution is 2.35. The highest BCUT2D eigenvalue weighted by molar-refractivity contribution is 6.23. The van der Waals surface area contributed by atoms with Gasteiger partial charge in [-0.05, 0) is 0 Å². The Morgan fingerprint density at radius 2 is 2.10 bits per heavy atom. The summed E-state index contributed by atoms with van der Waals surface area (Å²) in [6.45, 7) is 3.46. The number of carbonyl (C=O) groups excluding carboxylic acids is 3. The number of ketones is 2. The monoisotopic (exact) mass is 287 g/mol. The Kier molecular flexibility index (Phi) is 2.36. The molecule has 1 atom stereocenters. The SMILES string of the molecule is CC(=O)OC1CCn2c1nc1c2C(=O)C=C(N2CC2)C1=O. The maximum atomic E-state index is 12.4. The van der Waals surface area contributed by atoms with E-state index in [-0.39, 0.29) is 17.3 Å². The third-order valence-electron chi connectivity index (χ3n) is 3.95. The lowest BCUT2D eigenvalue weighted by Gasteiger charge is -2.13. The van der Waals surface area contributed by atoms with Crippen LogP contribution in [-0.2, 0) is 16.1 Å². The molecule has 1 saturated heterocycles. The molecule has 7 nitrogen and oxygen atoms in total. The number of imidazole rings is 1. The van der Waals surface area contributed by atoms with E-state index in [2.05, 4.69) is 4.98 Å². The van der Waals surface area contributed by atoms with Gasteiger partial charge in [0.15, 0.2) is 11.9 Å². The minimum absolute atomic E-state index is 0.191. The number of ether oxygens (including phenoxy) is 1. The van der Waals surface area contributed by atoms with Gasteiger partial charge in [0.25, 0.3) is 0 Å². The van der Waals surface area contributed by atoms with Crippen molar-refractivity contribution in [3.8, 4) is 0 Å². The van der Waals surface area contributed by atoms with Crippen molar-refractivity contribution in [2.45, 2.75) is 26.0 Å². The summed E-state index contributed by atoms with van der Waals surface area (Å²) in [6, 6.07) is 0. The number of allylic oxidation sites excluding steroid dienone is 2. The topological polar surface area (TPSA) is 81.3 Å². The average Bonchev–Trinajstić information content (AvgIpc) is 3.08. The van der Waals surface area contributed by atoms with Crippen molar-refractivity contribution in [3.63, 3.8) is 0 Å². The van der Waals surface area contributed by atoms with Crippen molar-refractivity contribution in [1.29, 1.82) is 0 Å². The van der Waals surface area contributed by atoms with Gasteiger partial charge in [0.2, 0.25) is 11.6 Å². The largest absolute Gasteiger partial charge is 0.454 e. The van der Waals surface area contributed by atoms with Crippen molar-refractivity contribution in [2.75, 3.05) is 13.1 Å². The zero-order valence-corrected chi connectivity index (χ0v) is 11.5. The van der Waals surface area contributed by atoms with Gasteiger partial charge in [0, 0.05) is 39.1 Å². The van der Waals surface area contributed by atoms with Crippen molar-refractivity contribution in [1.82, 2.24) is 14.5 Å². The Hall–Kier alpha value is -2.44. The van der Waals surface area contributed by atoms with Crippen LogP contribution in [0.4, 0.5) is 0 Å². The molecule has 1 unspecified atom stereocenters. The second-order valence-corrected chi connectivity index (χ2v) is 5.42. The maximum Gasteiger partial charge on any atom is 0.303 e. The van der Waals surface area contributed by atoms with Crippen LogP contribution < -0.4 is 0 Å². The smallest absolute Gasteiger partial charge is 0.303 e. The second-order valence-electron chi connectivity index (χ2n) is 5.42. The molecule has 3 heterocycles. The Morgan fingerprint density at radius 1 is 1.33 bits per heavy atom. The van der Waals surface area contributed by atoms with Gasteiger partial charge in [-0.25, -0.2) is 4.98 Å². The predicted octanol–water partition coefficient (Wildman–Crippen LogP) is 0.470. The Labute approximate surface area is 120 Å². The van der Waals surface area contributed by atoms with E-state index in [9.17, 15) is 14.4 Å². The minimum Gasteiger partial charge on any atom is -0.454 e. The summed E-state index contributed by atoms with van der Waals surface area (Å²) in [4.78, 5) is 42.0. The maximum absolute atomic E-state index is 12.4. The first-order valence-corrected chi connectivity index (χ1v) is 6.89. The molecule has 7 heteroatoms. The lowest BCUT2D eigenvalue weighted by molar-refractivity contribution is -0.146. The molecule has 1 aliphatic carbocycles. The number of fused-ring (bicyclic) bond motifs is 3. The van der Waals surface area contributed by atoms with Gasteiger partial charge in [-0.15, -0.1) is 0 Å². The van der Waals surface area contributed by atoms with Crippen molar-refractivity contribution in [3.05, 3.63) is 29.0 Å². The van der Waals surface area contributed by atoms with E-state index >= 15 is 0 Å². The van der Waals surface area contributed by atoms with Gasteiger partial charge in [-0.2, -0.15) is 0 Å². The van der Waals surface area contributed by atoms with Gasteiger partial charge < -0.3 is 14.2 Å². The van der Waals surface area contributed by atoms with Crippen LogP contribution in [0.15, 0.2) is 11.8 Å². The Bertz CT molecular complexity index is 727. The molecule has 1 fully saturated rings. The lowest BCUT2D eigenvalue weighted by atomic mass is 10.0. The van der Waals surface area contributed by atoms with Crippen LogP contribution in [0.1, 0.15) is 46.2 Å². The van der Waals surface area contributed by atoms with E-state index in [1.54, 1.807) is 4.57 Å². The first kappa shape index (κ1) is 12.3. The summed E-state index contributed by atoms with van der Waals surface area (Å²) in [5, 5.41) is 0. The molecule has 21 heavy (non-hydrogen) atoms. The van der Waals surface area contributed by atoms with Crippen molar-refractivity contribution < 1.29 is 19.1 Å². The summed E-state index contributed by atoms with van der Waals surface area (Å²) >= 11 is 0. The number of hydrogen-bond acceptors (Lipinski definition) is 6. The second kappa shape index (κ2) is 4.03. The Balaban J connectivity index is 1.77. The number of hydrogen-bond donors (Lipinski definition) is 0. The first-order valence-electron chi connectivity index (χ1n) is 6.89. The number of Topliss-reactive ketones (excluding diaryl/α,β-unsaturated/α-hetero) is 1. The van der Waals surface area contributed by atoms with Crippen LogP contribution in [0.3, 0.4) is 0 Å². The van der Waals surface area contributed by atoms with Crippen LogP contribution in [0.5, 0.6) is 0 Å². The van der Waals surface area contributed by atoms with E-state index in [0.29, 0.717) is 30.2 Å². The molecule has 3 aliphatic rings. The van der Waals surface area contributed by atoms with Crippen molar-refractivity contribution in [2.24, 2.45) is 0 Å². The van der Waals surface area contributed by atoms with E-state index in [4.69, 9.17) is 4.74 Å². The molecule has 1 aromatic rings. The fraction of sp³-hybridized carbons (Fsp3) is 0.429. The van der Waals surface area contributed by atoms with Crippen LogP contribution in [-0.4, -0.2) is 45.1 Å². The highest BCUT2D eigenvalue weighted by Gasteiger charge is 2.40. The fourth-order valence-electron chi connectivity index (χ4n) is 2.94. The lowest BCUT2D eigenvalue weighted by Crippen LogP contribution is -2.23. The third-order valence-corrected chi connectivity index (χ3v) is 3.95. The number of esters is 1. The molecular weight excluding hydrogens is 274 g/mol. The molecule has 2 aliphatic heterocycles. The average molecular weight is 287 g/mol. The predicted molar refractivity (Wildman–Crippen MR) is 69.7 cm³/mol. The number of nitrogens with zero attached hydrogens (tertiary/aromatic N) is 3. The molecule has 108 valence electrons. The van der Waals surface area contributed by atoms with E-state index in [1.807, 2.05) is 4.90 Å². The summed E-state index contributed by atoms with van der Waals surface area (Å²) in [5.74, 6) is -0.313. The standard InChI is InChI=1S/C14H13N3O4/c1-7(18)21-10-2-3-17-12-9(19)6-8(16-4-5-16)13(20)11(12)15-14(10)17/h6,10H,2-5H2,1H3. The summed E-state index contributed by atoms with van der Waals surface area (Å²) in [5.41, 5.74) is 0.944. The molecule has 0 saturated carbocycles. The molecule has 4 rings (SSSR count). The molecule has 0 spiro atoms. The van der Waals surface area contributed by atoms with Gasteiger partial charge in [-0.1, -0.05) is 0 Å². The molecule has 0 aromatic carbocycles. The molecule has 0 N–H and O–H groups in total. The quantitative estimate of drug-likeness (QED) is 0.581.